The van der Waals surface area contributed by atoms with Crippen LogP contribution in [0.5, 0.6) is 5.88 Å². The van der Waals surface area contributed by atoms with Crippen LogP contribution in [-0.4, -0.2) is 127 Å². The lowest BCUT2D eigenvalue weighted by molar-refractivity contribution is -0.349. The minimum atomic E-state index is -1.85. The molecule has 288 valence electrons. The van der Waals surface area contributed by atoms with E-state index in [0.29, 0.717) is 0 Å². The van der Waals surface area contributed by atoms with E-state index >= 15 is 0 Å². The minimum absolute atomic E-state index is 0.0704. The van der Waals surface area contributed by atoms with E-state index in [2.05, 4.69) is 4.98 Å². The van der Waals surface area contributed by atoms with E-state index in [0.717, 1.165) is 53.0 Å². The predicted octanol–water partition coefficient (Wildman–Crippen LogP) is -0.956. The molecule has 21 heteroatoms. The maximum atomic E-state index is 13.1. The minimum Gasteiger partial charge on any atom is -0.481 e. The first kappa shape index (κ1) is 41.3. The Hall–Kier alpha value is -5.15. The van der Waals surface area contributed by atoms with Gasteiger partial charge in [0.1, 0.15) is 31.5 Å². The van der Waals surface area contributed by atoms with Crippen LogP contribution >= 0.6 is 0 Å². The van der Waals surface area contributed by atoms with Crippen LogP contribution in [0, 0.1) is 0 Å². The Morgan fingerprint density at radius 2 is 1.06 bits per heavy atom. The Morgan fingerprint density at radius 3 is 1.52 bits per heavy atom. The van der Waals surface area contributed by atoms with E-state index in [1.54, 1.807) is 0 Å². The molecule has 0 amide bonds. The molecule has 21 nitrogen and oxygen atoms in total. The van der Waals surface area contributed by atoms with Gasteiger partial charge in [-0.15, -0.1) is 0 Å². The summed E-state index contributed by atoms with van der Waals surface area (Å²) >= 11 is 0. The van der Waals surface area contributed by atoms with Crippen molar-refractivity contribution in [3.63, 3.8) is 0 Å². The quantitative estimate of drug-likeness (QED) is 0.174. The summed E-state index contributed by atoms with van der Waals surface area (Å²) in [5.41, 5.74) is -0.951. The number of carbonyl (C=O) groups is 7. The summed E-state index contributed by atoms with van der Waals surface area (Å²) in [7, 11) is 1.27. The lowest BCUT2D eigenvalue weighted by Gasteiger charge is -2.48. The molecule has 2 saturated heterocycles. The maximum Gasteiger partial charge on any atom is 0.353 e. The van der Waals surface area contributed by atoms with Crippen LogP contribution in [0.25, 0.3) is 0 Å². The van der Waals surface area contributed by atoms with Crippen molar-refractivity contribution in [3.05, 3.63) is 22.7 Å². The Morgan fingerprint density at radius 1 is 0.615 bits per heavy atom. The summed E-state index contributed by atoms with van der Waals surface area (Å²) < 4.78 is 62.1. The SMILES string of the molecule is COc1ccn([C@@H]2O[C@H](COC(C)=O)[C@@H](O[C@H]3O[C@@H](COC(C)=O)[C@H](OC(C)=O)[C@@H](OC(C)=O)[C@@H]3OC(C)=O)[C@H](OC(C)=O)[C@@H]2OC(C)=O)c(=O)n1. The molecule has 0 bridgehead atoms. The topological polar surface area (TPSA) is 256 Å². The zero-order chi connectivity index (χ0) is 38.9. The highest BCUT2D eigenvalue weighted by molar-refractivity contribution is 5.69. The van der Waals surface area contributed by atoms with Crippen molar-refractivity contribution in [2.24, 2.45) is 0 Å². The number of hydrogen-bond acceptors (Lipinski definition) is 20. The van der Waals surface area contributed by atoms with E-state index in [1.165, 1.54) is 19.4 Å². The lowest BCUT2D eigenvalue weighted by Crippen LogP contribution is -2.66. The Kier molecular flexibility index (Phi) is 14.6. The molecule has 2 aliphatic heterocycles. The van der Waals surface area contributed by atoms with Crippen molar-refractivity contribution in [3.8, 4) is 5.88 Å². The average molecular weight is 745 g/mol. The molecular weight excluding hydrogens is 704 g/mol. The highest BCUT2D eigenvalue weighted by atomic mass is 16.8. The van der Waals surface area contributed by atoms with Gasteiger partial charge in [-0.2, -0.15) is 4.98 Å². The summed E-state index contributed by atoms with van der Waals surface area (Å²) in [5, 5.41) is 0. The summed E-state index contributed by atoms with van der Waals surface area (Å²) in [4.78, 5) is 103. The van der Waals surface area contributed by atoms with Crippen LogP contribution < -0.4 is 10.4 Å². The number of aromatic nitrogens is 2. The van der Waals surface area contributed by atoms with Gasteiger partial charge in [0, 0.05) is 60.7 Å². The Labute approximate surface area is 295 Å². The number of nitrogens with zero attached hydrogens (tertiary/aromatic N) is 2. The second-order valence-corrected chi connectivity index (χ2v) is 11.3. The van der Waals surface area contributed by atoms with E-state index in [9.17, 15) is 38.4 Å². The first-order valence-corrected chi connectivity index (χ1v) is 15.6. The fourth-order valence-corrected chi connectivity index (χ4v) is 5.42. The first-order valence-electron chi connectivity index (χ1n) is 15.6. The van der Waals surface area contributed by atoms with Crippen molar-refractivity contribution in [1.82, 2.24) is 9.55 Å². The Bertz CT molecular complexity index is 1560. The van der Waals surface area contributed by atoms with Gasteiger partial charge in [-0.3, -0.25) is 38.1 Å². The number of methoxy groups -OCH3 is 1. The summed E-state index contributed by atoms with van der Waals surface area (Å²) in [5.74, 6) is -6.25. The molecule has 3 heterocycles. The van der Waals surface area contributed by atoms with E-state index in [4.69, 9.17) is 52.1 Å². The van der Waals surface area contributed by atoms with Crippen molar-refractivity contribution < 1.29 is 85.7 Å². The van der Waals surface area contributed by atoms with Crippen molar-refractivity contribution in [2.75, 3.05) is 20.3 Å². The monoisotopic (exact) mass is 744 g/mol. The standard InChI is InChI=1S/C31H40N2O19/c1-13(34)43-11-20-24(25(46-16(4)37)27(48-18(6)39)29(50-20)33-10-9-22(42-8)32-31(33)41)52-30-28(49-19(7)40)26(47-17(5)38)23(45-15(3)36)21(51-30)12-44-14(2)35/h9-10,20-21,23-30H,11-12H2,1-8H3/t20-,21+,23+,24-,25+,26-,27+,28+,29-,30-/m1/s1. The number of carbonyl (C=O) groups excluding carboxylic acids is 7. The number of rotatable bonds is 13. The zero-order valence-corrected chi connectivity index (χ0v) is 29.5. The molecule has 2 fully saturated rings. The molecule has 3 rings (SSSR count). The van der Waals surface area contributed by atoms with Crippen molar-refractivity contribution in [1.29, 1.82) is 0 Å². The second-order valence-electron chi connectivity index (χ2n) is 11.3. The summed E-state index contributed by atoms with van der Waals surface area (Å²) in [6.45, 7) is 6.03. The smallest absolute Gasteiger partial charge is 0.353 e. The molecule has 52 heavy (non-hydrogen) atoms. The van der Waals surface area contributed by atoms with Gasteiger partial charge in [-0.1, -0.05) is 0 Å². The van der Waals surface area contributed by atoms with Gasteiger partial charge in [0.05, 0.1) is 7.11 Å². The fraction of sp³-hybridized carbons (Fsp3) is 0.645. The van der Waals surface area contributed by atoms with Gasteiger partial charge in [-0.05, 0) is 0 Å². The molecule has 0 unspecified atom stereocenters. The Balaban J connectivity index is 2.23. The second kappa shape index (κ2) is 18.4. The number of ether oxygens (including phenoxy) is 11. The highest BCUT2D eigenvalue weighted by Crippen LogP contribution is 2.37. The van der Waals surface area contributed by atoms with Crippen LogP contribution in [0.1, 0.15) is 54.7 Å². The highest BCUT2D eigenvalue weighted by Gasteiger charge is 2.57. The van der Waals surface area contributed by atoms with Gasteiger partial charge in [-0.25, -0.2) is 4.79 Å². The van der Waals surface area contributed by atoms with E-state index in [-0.39, 0.29) is 5.88 Å². The number of hydrogen-bond donors (Lipinski definition) is 0. The third-order valence-electron chi connectivity index (χ3n) is 7.19. The van der Waals surface area contributed by atoms with Crippen molar-refractivity contribution in [2.45, 2.75) is 110 Å². The van der Waals surface area contributed by atoms with Crippen molar-refractivity contribution >= 4 is 41.8 Å². The molecule has 0 radical (unpaired) electrons. The summed E-state index contributed by atoms with van der Waals surface area (Å²) in [6, 6.07) is 1.29. The van der Waals surface area contributed by atoms with Gasteiger partial charge in [0.2, 0.25) is 5.88 Å². The third-order valence-corrected chi connectivity index (χ3v) is 7.19. The van der Waals surface area contributed by atoms with Gasteiger partial charge >= 0.3 is 47.5 Å². The molecule has 1 aromatic heterocycles. The maximum absolute atomic E-state index is 13.1. The van der Waals surface area contributed by atoms with E-state index < -0.39 is 122 Å². The molecular formula is C31H40N2O19. The average Bonchev–Trinajstić information content (AvgIpc) is 3.02. The van der Waals surface area contributed by atoms with Gasteiger partial charge < -0.3 is 52.1 Å². The normalized spacial score (nSPS) is 28.3. The molecule has 10 atom stereocenters. The molecule has 0 saturated carbocycles. The third kappa shape index (κ3) is 11.2. The first-order chi connectivity index (χ1) is 24.4. The van der Waals surface area contributed by atoms with Crippen LogP contribution in [0.3, 0.4) is 0 Å². The van der Waals surface area contributed by atoms with Gasteiger partial charge in [0.15, 0.2) is 43.0 Å². The summed E-state index contributed by atoms with van der Waals surface area (Å²) in [6.07, 6.45) is -15.2. The van der Waals surface area contributed by atoms with E-state index in [1.807, 2.05) is 0 Å². The number of esters is 7. The molecule has 2 aliphatic rings. The van der Waals surface area contributed by atoms with Crippen LogP contribution in [0.4, 0.5) is 0 Å². The van der Waals surface area contributed by atoms with Gasteiger partial charge in [0.25, 0.3) is 0 Å². The molecule has 0 aromatic carbocycles. The lowest BCUT2D eigenvalue weighted by atomic mass is 9.95. The molecule has 0 spiro atoms. The molecule has 1 aromatic rings. The van der Waals surface area contributed by atoms with Crippen LogP contribution in [0.2, 0.25) is 0 Å². The predicted molar refractivity (Wildman–Crippen MR) is 164 cm³/mol. The van der Waals surface area contributed by atoms with Crippen LogP contribution in [0.15, 0.2) is 17.1 Å². The molecule has 0 aliphatic carbocycles. The van der Waals surface area contributed by atoms with Crippen LogP contribution in [-0.2, 0) is 80.9 Å². The fourth-order valence-electron chi connectivity index (χ4n) is 5.42. The molecule has 0 N–H and O–H groups in total. The zero-order valence-electron chi connectivity index (χ0n) is 29.5. The largest absolute Gasteiger partial charge is 0.481 e.